The SMILES string of the molecule is CC(C)N(CC1CCCNC1)C(=O)c1ccnn1C. The number of carbonyl (C=O) groups excluding carboxylic acids is 1. The van der Waals surface area contributed by atoms with Crippen LogP contribution in [0.15, 0.2) is 12.3 Å². The van der Waals surface area contributed by atoms with Crippen LogP contribution in [0.2, 0.25) is 0 Å². The molecule has 2 rings (SSSR count). The molecule has 1 unspecified atom stereocenters. The molecule has 0 saturated carbocycles. The van der Waals surface area contributed by atoms with Gasteiger partial charge in [0.25, 0.3) is 5.91 Å². The maximum absolute atomic E-state index is 12.6. The minimum Gasteiger partial charge on any atom is -0.335 e. The van der Waals surface area contributed by atoms with Crippen LogP contribution in [0.3, 0.4) is 0 Å². The topological polar surface area (TPSA) is 50.2 Å². The Morgan fingerprint density at radius 3 is 2.95 bits per heavy atom. The molecule has 1 aliphatic rings. The molecule has 1 aliphatic heterocycles. The van der Waals surface area contributed by atoms with E-state index in [4.69, 9.17) is 0 Å². The third-order valence-corrected chi connectivity index (χ3v) is 3.78. The highest BCUT2D eigenvalue weighted by Crippen LogP contribution is 2.16. The fourth-order valence-electron chi connectivity index (χ4n) is 2.62. The Hall–Kier alpha value is -1.36. The number of nitrogens with zero attached hydrogens (tertiary/aromatic N) is 3. The van der Waals surface area contributed by atoms with Gasteiger partial charge in [-0.1, -0.05) is 0 Å². The number of nitrogens with one attached hydrogen (secondary N) is 1. The molecule has 1 saturated heterocycles. The van der Waals surface area contributed by atoms with Crippen LogP contribution in [0, 0.1) is 5.92 Å². The maximum atomic E-state index is 12.6. The lowest BCUT2D eigenvalue weighted by molar-refractivity contribution is 0.0649. The van der Waals surface area contributed by atoms with Crippen LogP contribution >= 0.6 is 0 Å². The van der Waals surface area contributed by atoms with E-state index in [1.807, 2.05) is 11.9 Å². The second-order valence-electron chi connectivity index (χ2n) is 5.60. The summed E-state index contributed by atoms with van der Waals surface area (Å²) in [5.41, 5.74) is 0.664. The highest BCUT2D eigenvalue weighted by molar-refractivity contribution is 5.92. The number of aryl methyl sites for hydroxylation is 1. The number of hydrogen-bond acceptors (Lipinski definition) is 3. The number of hydrogen-bond donors (Lipinski definition) is 1. The first-order valence-electron chi connectivity index (χ1n) is 7.09. The van der Waals surface area contributed by atoms with E-state index in [9.17, 15) is 4.79 Å². The van der Waals surface area contributed by atoms with Crippen molar-refractivity contribution < 1.29 is 4.79 Å². The lowest BCUT2D eigenvalue weighted by Gasteiger charge is -2.32. The van der Waals surface area contributed by atoms with Crippen LogP contribution in [0.25, 0.3) is 0 Å². The summed E-state index contributed by atoms with van der Waals surface area (Å²) >= 11 is 0. The summed E-state index contributed by atoms with van der Waals surface area (Å²) in [6.45, 7) is 7.10. The van der Waals surface area contributed by atoms with Gasteiger partial charge in [-0.3, -0.25) is 9.48 Å². The van der Waals surface area contributed by atoms with Gasteiger partial charge >= 0.3 is 0 Å². The van der Waals surface area contributed by atoms with E-state index in [2.05, 4.69) is 24.3 Å². The summed E-state index contributed by atoms with van der Waals surface area (Å²) in [5.74, 6) is 0.647. The lowest BCUT2D eigenvalue weighted by Crippen LogP contribution is -2.44. The zero-order valence-corrected chi connectivity index (χ0v) is 12.1. The molecule has 0 aliphatic carbocycles. The highest BCUT2D eigenvalue weighted by atomic mass is 16.2. The van der Waals surface area contributed by atoms with E-state index in [1.54, 1.807) is 16.9 Å². The van der Waals surface area contributed by atoms with Gasteiger partial charge in [0.2, 0.25) is 0 Å². The average molecular weight is 264 g/mol. The first-order chi connectivity index (χ1) is 9.09. The Morgan fingerprint density at radius 2 is 2.42 bits per heavy atom. The summed E-state index contributed by atoms with van der Waals surface area (Å²) in [5, 5.41) is 7.49. The molecule has 19 heavy (non-hydrogen) atoms. The van der Waals surface area contributed by atoms with Crippen molar-refractivity contribution in [1.29, 1.82) is 0 Å². The van der Waals surface area contributed by atoms with Crippen molar-refractivity contribution in [2.45, 2.75) is 32.7 Å². The van der Waals surface area contributed by atoms with Crippen LogP contribution in [0.1, 0.15) is 37.2 Å². The van der Waals surface area contributed by atoms with E-state index < -0.39 is 0 Å². The van der Waals surface area contributed by atoms with Gasteiger partial charge in [0.05, 0.1) is 0 Å². The van der Waals surface area contributed by atoms with Gasteiger partial charge in [0.15, 0.2) is 0 Å². The summed E-state index contributed by atoms with van der Waals surface area (Å²) < 4.78 is 1.65. The van der Waals surface area contributed by atoms with Crippen LogP contribution in [0.5, 0.6) is 0 Å². The van der Waals surface area contributed by atoms with Crippen molar-refractivity contribution in [1.82, 2.24) is 20.0 Å². The third kappa shape index (κ3) is 3.35. The van der Waals surface area contributed by atoms with Crippen molar-refractivity contribution in [3.05, 3.63) is 18.0 Å². The van der Waals surface area contributed by atoms with Gasteiger partial charge in [-0.25, -0.2) is 0 Å². The van der Waals surface area contributed by atoms with Crippen molar-refractivity contribution in [2.24, 2.45) is 13.0 Å². The Bertz CT molecular complexity index is 421. The average Bonchev–Trinajstić information content (AvgIpc) is 2.82. The van der Waals surface area contributed by atoms with E-state index >= 15 is 0 Å². The minimum absolute atomic E-state index is 0.0839. The Labute approximate surface area is 115 Å². The first kappa shape index (κ1) is 14.1. The molecule has 0 bridgehead atoms. The highest BCUT2D eigenvalue weighted by Gasteiger charge is 2.25. The van der Waals surface area contributed by atoms with Crippen molar-refractivity contribution in [3.8, 4) is 0 Å². The Morgan fingerprint density at radius 1 is 1.63 bits per heavy atom. The number of rotatable bonds is 4. The summed E-state index contributed by atoms with van der Waals surface area (Å²) in [6, 6.07) is 2.00. The molecule has 5 nitrogen and oxygen atoms in total. The molecule has 1 N–H and O–H groups in total. The Kier molecular flexibility index (Phi) is 4.58. The van der Waals surface area contributed by atoms with E-state index in [1.165, 1.54) is 12.8 Å². The molecule has 1 aromatic rings. The van der Waals surface area contributed by atoms with Crippen LogP contribution < -0.4 is 5.32 Å². The van der Waals surface area contributed by atoms with Gasteiger partial charge in [0.1, 0.15) is 5.69 Å². The van der Waals surface area contributed by atoms with Crippen LogP contribution in [-0.4, -0.2) is 46.3 Å². The summed E-state index contributed by atoms with van der Waals surface area (Å²) in [4.78, 5) is 14.6. The number of carbonyl (C=O) groups is 1. The number of aromatic nitrogens is 2. The standard InChI is InChI=1S/C14H24N4O/c1-11(2)18(10-12-5-4-7-15-9-12)14(19)13-6-8-16-17(13)3/h6,8,11-12,15H,4-5,7,9-10H2,1-3H3. The van der Waals surface area contributed by atoms with Crippen molar-refractivity contribution >= 4 is 5.91 Å². The second kappa shape index (κ2) is 6.19. The minimum atomic E-state index is 0.0839. The van der Waals surface area contributed by atoms with Gasteiger partial charge < -0.3 is 10.2 Å². The fraction of sp³-hybridized carbons (Fsp3) is 0.714. The van der Waals surface area contributed by atoms with Gasteiger partial charge in [-0.05, 0) is 51.8 Å². The second-order valence-corrected chi connectivity index (χ2v) is 5.60. The number of amides is 1. The molecule has 0 spiro atoms. The lowest BCUT2D eigenvalue weighted by atomic mass is 9.98. The zero-order chi connectivity index (χ0) is 13.8. The van der Waals surface area contributed by atoms with Gasteiger partial charge in [0, 0.05) is 25.8 Å². The summed E-state index contributed by atoms with van der Waals surface area (Å²) in [7, 11) is 1.81. The van der Waals surface area contributed by atoms with Crippen LogP contribution in [0.4, 0.5) is 0 Å². The maximum Gasteiger partial charge on any atom is 0.272 e. The molecule has 1 fully saturated rings. The molecule has 1 atom stereocenters. The molecule has 2 heterocycles. The van der Waals surface area contributed by atoms with E-state index in [0.717, 1.165) is 19.6 Å². The molecule has 0 aromatic carbocycles. The number of piperidine rings is 1. The van der Waals surface area contributed by atoms with E-state index in [-0.39, 0.29) is 11.9 Å². The van der Waals surface area contributed by atoms with E-state index in [0.29, 0.717) is 11.6 Å². The van der Waals surface area contributed by atoms with Crippen molar-refractivity contribution in [3.63, 3.8) is 0 Å². The smallest absolute Gasteiger partial charge is 0.272 e. The molecule has 106 valence electrons. The summed E-state index contributed by atoms with van der Waals surface area (Å²) in [6.07, 6.45) is 4.08. The quantitative estimate of drug-likeness (QED) is 0.891. The predicted molar refractivity (Wildman–Crippen MR) is 75.0 cm³/mol. The largest absolute Gasteiger partial charge is 0.335 e. The molecule has 0 radical (unpaired) electrons. The molecular formula is C14H24N4O. The van der Waals surface area contributed by atoms with Crippen LogP contribution in [-0.2, 0) is 7.05 Å². The zero-order valence-electron chi connectivity index (χ0n) is 12.1. The molecular weight excluding hydrogens is 240 g/mol. The Balaban J connectivity index is 2.07. The third-order valence-electron chi connectivity index (χ3n) is 3.78. The molecule has 5 heteroatoms. The fourth-order valence-corrected chi connectivity index (χ4v) is 2.62. The molecule has 1 amide bonds. The molecule has 1 aromatic heterocycles. The van der Waals surface area contributed by atoms with Crippen molar-refractivity contribution in [2.75, 3.05) is 19.6 Å². The van der Waals surface area contributed by atoms with Gasteiger partial charge in [-0.15, -0.1) is 0 Å². The predicted octanol–water partition coefficient (Wildman–Crippen LogP) is 1.27. The first-order valence-corrected chi connectivity index (χ1v) is 7.09. The van der Waals surface area contributed by atoms with Gasteiger partial charge in [-0.2, -0.15) is 5.10 Å². The monoisotopic (exact) mass is 264 g/mol. The normalized spacial score (nSPS) is 19.7.